The molecule has 1 aliphatic heterocycles. The van der Waals surface area contributed by atoms with Crippen molar-refractivity contribution in [1.82, 2.24) is 20.2 Å². The van der Waals surface area contributed by atoms with Crippen molar-refractivity contribution < 1.29 is 13.6 Å². The van der Waals surface area contributed by atoms with Crippen LogP contribution in [-0.2, 0) is 0 Å². The smallest absolute Gasteiger partial charge is 0.252 e. The van der Waals surface area contributed by atoms with Crippen molar-refractivity contribution in [2.75, 3.05) is 19.6 Å². The first kappa shape index (κ1) is 19.6. The molecule has 1 atom stereocenters. The molecule has 1 amide bonds. The second-order valence-corrected chi connectivity index (χ2v) is 7.07. The van der Waals surface area contributed by atoms with Gasteiger partial charge in [-0.1, -0.05) is 23.7 Å². The SMILES string of the molecule is Cc1ncc(C(CNC(=O)c2ccccc2Cl)N2CCC(F)(F)CC2)cn1. The van der Waals surface area contributed by atoms with Gasteiger partial charge in [0.05, 0.1) is 16.6 Å². The minimum absolute atomic E-state index is 0.200. The van der Waals surface area contributed by atoms with Gasteiger partial charge in [0.2, 0.25) is 0 Å². The highest BCUT2D eigenvalue weighted by atomic mass is 35.5. The maximum absolute atomic E-state index is 13.5. The van der Waals surface area contributed by atoms with Crippen LogP contribution < -0.4 is 5.32 Å². The Bertz CT molecular complexity index is 791. The third kappa shape index (κ3) is 4.99. The van der Waals surface area contributed by atoms with Crippen molar-refractivity contribution >= 4 is 17.5 Å². The third-order valence-corrected chi connectivity index (χ3v) is 5.06. The first-order valence-electron chi connectivity index (χ1n) is 8.79. The Morgan fingerprint density at radius 1 is 1.26 bits per heavy atom. The summed E-state index contributed by atoms with van der Waals surface area (Å²) >= 11 is 6.07. The second-order valence-electron chi connectivity index (χ2n) is 6.66. The van der Waals surface area contributed by atoms with Crippen molar-refractivity contribution in [3.8, 4) is 0 Å². The van der Waals surface area contributed by atoms with E-state index in [1.165, 1.54) is 0 Å². The Morgan fingerprint density at radius 2 is 1.89 bits per heavy atom. The van der Waals surface area contributed by atoms with E-state index in [1.54, 1.807) is 43.6 Å². The molecule has 1 saturated heterocycles. The summed E-state index contributed by atoms with van der Waals surface area (Å²) < 4.78 is 27.1. The molecule has 0 radical (unpaired) electrons. The number of carbonyl (C=O) groups excluding carboxylic acids is 1. The average Bonchev–Trinajstić information content (AvgIpc) is 2.64. The summed E-state index contributed by atoms with van der Waals surface area (Å²) in [5, 5.41) is 3.23. The molecule has 2 heterocycles. The van der Waals surface area contributed by atoms with Crippen LogP contribution in [0.15, 0.2) is 36.7 Å². The fourth-order valence-corrected chi connectivity index (χ4v) is 3.35. The number of nitrogens with zero attached hydrogens (tertiary/aromatic N) is 3. The molecule has 1 unspecified atom stereocenters. The lowest BCUT2D eigenvalue weighted by Crippen LogP contribution is -2.45. The predicted octanol–water partition coefficient (Wildman–Crippen LogP) is 3.64. The number of alkyl halides is 2. The molecule has 1 N–H and O–H groups in total. The van der Waals surface area contributed by atoms with Gasteiger partial charge in [-0.3, -0.25) is 9.69 Å². The number of hydrogen-bond donors (Lipinski definition) is 1. The van der Waals surface area contributed by atoms with Crippen molar-refractivity contribution in [3.05, 3.63) is 58.6 Å². The number of hydrogen-bond acceptors (Lipinski definition) is 4. The third-order valence-electron chi connectivity index (χ3n) is 4.73. The molecule has 1 fully saturated rings. The monoisotopic (exact) mass is 394 g/mol. The topological polar surface area (TPSA) is 58.1 Å². The van der Waals surface area contributed by atoms with E-state index in [4.69, 9.17) is 11.6 Å². The van der Waals surface area contributed by atoms with Crippen molar-refractivity contribution in [2.24, 2.45) is 0 Å². The fraction of sp³-hybridized carbons (Fsp3) is 0.421. The number of halogens is 3. The molecular formula is C19H21ClF2N4O. The van der Waals surface area contributed by atoms with E-state index in [-0.39, 0.29) is 44.4 Å². The van der Waals surface area contributed by atoms with Gasteiger partial charge in [-0.05, 0) is 19.1 Å². The quantitative estimate of drug-likeness (QED) is 0.841. The number of carbonyl (C=O) groups is 1. The Balaban J connectivity index is 1.75. The molecule has 8 heteroatoms. The number of likely N-dealkylation sites (tertiary alicyclic amines) is 1. The molecule has 0 spiro atoms. The van der Waals surface area contributed by atoms with Gasteiger partial charge in [-0.25, -0.2) is 18.7 Å². The molecule has 3 rings (SSSR count). The lowest BCUT2D eigenvalue weighted by Gasteiger charge is -2.37. The van der Waals surface area contributed by atoms with Crippen molar-refractivity contribution in [1.29, 1.82) is 0 Å². The Kier molecular flexibility index (Phi) is 6.01. The number of aryl methyl sites for hydroxylation is 1. The van der Waals surface area contributed by atoms with Gasteiger partial charge in [0.15, 0.2) is 0 Å². The first-order valence-corrected chi connectivity index (χ1v) is 9.17. The summed E-state index contributed by atoms with van der Waals surface area (Å²) in [5.41, 5.74) is 1.16. The summed E-state index contributed by atoms with van der Waals surface area (Å²) in [6.07, 6.45) is 2.96. The summed E-state index contributed by atoms with van der Waals surface area (Å²) in [7, 11) is 0. The average molecular weight is 395 g/mol. The molecule has 0 aliphatic carbocycles. The number of aromatic nitrogens is 2. The number of piperidine rings is 1. The molecule has 1 aliphatic rings. The summed E-state index contributed by atoms with van der Waals surface area (Å²) in [4.78, 5) is 22.8. The van der Waals surface area contributed by atoms with Crippen LogP contribution in [0, 0.1) is 6.92 Å². The van der Waals surface area contributed by atoms with E-state index in [0.29, 0.717) is 16.4 Å². The molecule has 27 heavy (non-hydrogen) atoms. The normalized spacial score (nSPS) is 18.1. The van der Waals surface area contributed by atoms with Gasteiger partial charge < -0.3 is 5.32 Å². The van der Waals surface area contributed by atoms with E-state index in [0.717, 1.165) is 5.56 Å². The van der Waals surface area contributed by atoms with Crippen LogP contribution in [0.3, 0.4) is 0 Å². The molecule has 2 aromatic rings. The molecule has 1 aromatic heterocycles. The largest absolute Gasteiger partial charge is 0.350 e. The summed E-state index contributed by atoms with van der Waals surface area (Å²) in [5.74, 6) is -2.31. The summed E-state index contributed by atoms with van der Waals surface area (Å²) in [6.45, 7) is 2.52. The lowest BCUT2D eigenvalue weighted by atomic mass is 10.0. The molecule has 0 saturated carbocycles. The maximum atomic E-state index is 13.5. The van der Waals surface area contributed by atoms with Crippen LogP contribution in [0.4, 0.5) is 8.78 Å². The standard InChI is InChI=1S/C19H21ClF2N4O/c1-13-23-10-14(11-24-13)17(26-8-6-19(21,22)7-9-26)12-25-18(27)15-4-2-3-5-16(15)20/h2-5,10-11,17H,6-9,12H2,1H3,(H,25,27). The van der Waals surface area contributed by atoms with E-state index in [9.17, 15) is 13.6 Å². The zero-order chi connectivity index (χ0) is 19.4. The van der Waals surface area contributed by atoms with Crippen LogP contribution in [0.5, 0.6) is 0 Å². The van der Waals surface area contributed by atoms with Crippen LogP contribution in [-0.4, -0.2) is 46.3 Å². The fourth-order valence-electron chi connectivity index (χ4n) is 3.13. The van der Waals surface area contributed by atoms with Crippen LogP contribution >= 0.6 is 11.6 Å². The van der Waals surface area contributed by atoms with Gasteiger partial charge in [-0.2, -0.15) is 0 Å². The van der Waals surface area contributed by atoms with Gasteiger partial charge in [0.1, 0.15) is 5.82 Å². The number of benzene rings is 1. The molecule has 144 valence electrons. The predicted molar refractivity (Wildman–Crippen MR) is 99.0 cm³/mol. The minimum atomic E-state index is -2.63. The second kappa shape index (κ2) is 8.27. The Morgan fingerprint density at radius 3 is 2.52 bits per heavy atom. The first-order chi connectivity index (χ1) is 12.9. The number of amides is 1. The highest BCUT2D eigenvalue weighted by Crippen LogP contribution is 2.32. The van der Waals surface area contributed by atoms with Crippen LogP contribution in [0.2, 0.25) is 5.02 Å². The number of nitrogens with one attached hydrogen (secondary N) is 1. The van der Waals surface area contributed by atoms with Gasteiger partial charge in [0, 0.05) is 50.4 Å². The molecule has 0 bridgehead atoms. The van der Waals surface area contributed by atoms with E-state index in [1.807, 2.05) is 4.90 Å². The number of rotatable bonds is 5. The molecule has 1 aromatic carbocycles. The zero-order valence-electron chi connectivity index (χ0n) is 15.0. The Labute approximate surface area is 161 Å². The highest BCUT2D eigenvalue weighted by Gasteiger charge is 2.36. The van der Waals surface area contributed by atoms with E-state index in [2.05, 4.69) is 15.3 Å². The van der Waals surface area contributed by atoms with E-state index < -0.39 is 5.92 Å². The van der Waals surface area contributed by atoms with Gasteiger partial charge >= 0.3 is 0 Å². The van der Waals surface area contributed by atoms with Gasteiger partial charge in [-0.15, -0.1) is 0 Å². The lowest BCUT2D eigenvalue weighted by molar-refractivity contribution is -0.0632. The zero-order valence-corrected chi connectivity index (χ0v) is 15.7. The maximum Gasteiger partial charge on any atom is 0.252 e. The molecule has 5 nitrogen and oxygen atoms in total. The van der Waals surface area contributed by atoms with E-state index >= 15 is 0 Å². The van der Waals surface area contributed by atoms with Crippen molar-refractivity contribution in [2.45, 2.75) is 31.7 Å². The van der Waals surface area contributed by atoms with Crippen molar-refractivity contribution in [3.63, 3.8) is 0 Å². The minimum Gasteiger partial charge on any atom is -0.350 e. The van der Waals surface area contributed by atoms with Crippen LogP contribution in [0.1, 0.15) is 40.6 Å². The highest BCUT2D eigenvalue weighted by molar-refractivity contribution is 6.33. The Hall–Kier alpha value is -2.12. The van der Waals surface area contributed by atoms with Gasteiger partial charge in [0.25, 0.3) is 11.8 Å². The molecular weight excluding hydrogens is 374 g/mol. The van der Waals surface area contributed by atoms with Crippen LogP contribution in [0.25, 0.3) is 0 Å². The summed E-state index contributed by atoms with van der Waals surface area (Å²) in [6, 6.07) is 6.49.